The monoisotopic (exact) mass is 384 g/mol. The minimum absolute atomic E-state index is 0.0191. The molecule has 0 atom stereocenters. The van der Waals surface area contributed by atoms with Crippen LogP contribution >= 0.6 is 0 Å². The van der Waals surface area contributed by atoms with Crippen molar-refractivity contribution in [3.05, 3.63) is 70.9 Å². The van der Waals surface area contributed by atoms with Crippen molar-refractivity contribution in [2.45, 2.75) is 11.8 Å². The standard InChI is InChI=1S/C18H16N4O4S/c1-12-2-4-14(5-3-12)11-19-22-27(25,26)15-8-6-13(7-9-15)10-16-17(23)21-18(24)20-16/h2-11,22H,1H3,(H2,20,21,23,24)/b16-10-,19-11+. The van der Waals surface area contributed by atoms with Crippen molar-refractivity contribution < 1.29 is 18.0 Å². The summed E-state index contributed by atoms with van der Waals surface area (Å²) in [6, 6.07) is 12.6. The van der Waals surface area contributed by atoms with Gasteiger partial charge in [-0.2, -0.15) is 13.5 Å². The van der Waals surface area contributed by atoms with Crippen LogP contribution in [-0.4, -0.2) is 26.6 Å². The van der Waals surface area contributed by atoms with Crippen molar-refractivity contribution in [2.75, 3.05) is 0 Å². The van der Waals surface area contributed by atoms with Crippen molar-refractivity contribution >= 4 is 34.3 Å². The van der Waals surface area contributed by atoms with E-state index in [1.54, 1.807) is 0 Å². The fraction of sp³-hybridized carbons (Fsp3) is 0.0556. The Balaban J connectivity index is 1.70. The maximum absolute atomic E-state index is 12.3. The predicted molar refractivity (Wildman–Crippen MR) is 100 cm³/mol. The van der Waals surface area contributed by atoms with E-state index in [1.807, 2.05) is 31.2 Å². The number of hydrogen-bond acceptors (Lipinski definition) is 5. The molecule has 0 spiro atoms. The van der Waals surface area contributed by atoms with Gasteiger partial charge in [0.25, 0.3) is 15.9 Å². The highest BCUT2D eigenvalue weighted by molar-refractivity contribution is 7.89. The van der Waals surface area contributed by atoms with Crippen LogP contribution in [0.4, 0.5) is 4.79 Å². The van der Waals surface area contributed by atoms with Gasteiger partial charge in [0.2, 0.25) is 0 Å². The number of sulfonamides is 1. The summed E-state index contributed by atoms with van der Waals surface area (Å²) in [5.41, 5.74) is 2.51. The molecule has 3 rings (SSSR count). The molecule has 8 nitrogen and oxygen atoms in total. The molecule has 1 aliphatic heterocycles. The second kappa shape index (κ2) is 7.42. The average Bonchev–Trinajstić information content (AvgIpc) is 2.94. The van der Waals surface area contributed by atoms with E-state index in [-0.39, 0.29) is 10.6 Å². The molecule has 3 amide bonds. The van der Waals surface area contributed by atoms with E-state index >= 15 is 0 Å². The van der Waals surface area contributed by atoms with E-state index in [0.29, 0.717) is 5.56 Å². The number of hydrogen-bond donors (Lipinski definition) is 3. The molecule has 9 heteroatoms. The molecule has 1 aliphatic rings. The summed E-state index contributed by atoms with van der Waals surface area (Å²) in [4.78, 5) is 24.7. The van der Waals surface area contributed by atoms with Crippen LogP contribution in [-0.2, 0) is 14.8 Å². The lowest BCUT2D eigenvalue weighted by Crippen LogP contribution is -2.22. The molecule has 3 N–H and O–H groups in total. The Morgan fingerprint density at radius 2 is 1.56 bits per heavy atom. The SMILES string of the molecule is Cc1ccc(/C=N/NS(=O)(=O)c2ccc(/C=C3\NC(=O)NC3=O)cc2)cc1. The van der Waals surface area contributed by atoms with Crippen molar-refractivity contribution in [3.63, 3.8) is 0 Å². The first-order valence-electron chi connectivity index (χ1n) is 7.89. The van der Waals surface area contributed by atoms with E-state index in [9.17, 15) is 18.0 Å². The molecule has 1 saturated heterocycles. The van der Waals surface area contributed by atoms with Crippen molar-refractivity contribution in [2.24, 2.45) is 5.10 Å². The Kier molecular flexibility index (Phi) is 5.04. The Morgan fingerprint density at radius 1 is 0.926 bits per heavy atom. The normalized spacial score (nSPS) is 15.8. The zero-order valence-corrected chi connectivity index (χ0v) is 15.1. The summed E-state index contributed by atoms with van der Waals surface area (Å²) in [6.07, 6.45) is 2.86. The largest absolute Gasteiger partial charge is 0.326 e. The number of imide groups is 1. The summed E-state index contributed by atoms with van der Waals surface area (Å²) in [5, 5.41) is 8.21. The van der Waals surface area contributed by atoms with Crippen LogP contribution < -0.4 is 15.5 Å². The summed E-state index contributed by atoms with van der Waals surface area (Å²) in [6.45, 7) is 1.95. The number of nitrogens with zero attached hydrogens (tertiary/aromatic N) is 1. The number of nitrogens with one attached hydrogen (secondary N) is 3. The van der Waals surface area contributed by atoms with Crippen molar-refractivity contribution in [3.8, 4) is 0 Å². The van der Waals surface area contributed by atoms with Crippen molar-refractivity contribution in [1.29, 1.82) is 0 Å². The number of carbonyl (C=O) groups is 2. The molecular weight excluding hydrogens is 368 g/mol. The third kappa shape index (κ3) is 4.59. The van der Waals surface area contributed by atoms with Gasteiger partial charge in [0.05, 0.1) is 11.1 Å². The number of carbonyl (C=O) groups excluding carboxylic acids is 2. The van der Waals surface area contributed by atoms with Gasteiger partial charge in [-0.1, -0.05) is 42.0 Å². The van der Waals surface area contributed by atoms with Crippen LogP contribution in [0.25, 0.3) is 6.08 Å². The van der Waals surface area contributed by atoms with Crippen LogP contribution in [0, 0.1) is 6.92 Å². The van der Waals surface area contributed by atoms with Gasteiger partial charge in [0.1, 0.15) is 5.70 Å². The molecule has 0 radical (unpaired) electrons. The highest BCUT2D eigenvalue weighted by atomic mass is 32.2. The maximum atomic E-state index is 12.3. The molecule has 0 aliphatic carbocycles. The fourth-order valence-corrected chi connectivity index (χ4v) is 3.06. The van der Waals surface area contributed by atoms with Gasteiger partial charge < -0.3 is 5.32 Å². The highest BCUT2D eigenvalue weighted by Crippen LogP contribution is 2.13. The zero-order valence-electron chi connectivity index (χ0n) is 14.3. The molecule has 2 aromatic rings. The van der Waals surface area contributed by atoms with Crippen LogP contribution in [0.2, 0.25) is 0 Å². The fourth-order valence-electron chi connectivity index (χ4n) is 2.27. The lowest BCUT2D eigenvalue weighted by molar-refractivity contribution is -0.115. The molecule has 0 unspecified atom stereocenters. The van der Waals surface area contributed by atoms with E-state index in [2.05, 4.69) is 20.6 Å². The van der Waals surface area contributed by atoms with Gasteiger partial charge in [0.15, 0.2) is 0 Å². The minimum atomic E-state index is -3.82. The first-order valence-corrected chi connectivity index (χ1v) is 9.37. The molecule has 0 bridgehead atoms. The summed E-state index contributed by atoms with van der Waals surface area (Å²) in [7, 11) is -3.82. The predicted octanol–water partition coefficient (Wildman–Crippen LogP) is 1.49. The summed E-state index contributed by atoms with van der Waals surface area (Å²) in [5.74, 6) is -0.538. The Labute approximate surface area is 156 Å². The topological polar surface area (TPSA) is 117 Å². The second-order valence-electron chi connectivity index (χ2n) is 5.80. The Morgan fingerprint density at radius 3 is 2.15 bits per heavy atom. The first-order chi connectivity index (χ1) is 12.8. The van der Waals surface area contributed by atoms with Crippen LogP contribution in [0.5, 0.6) is 0 Å². The Bertz CT molecular complexity index is 1040. The average molecular weight is 384 g/mol. The number of rotatable bonds is 5. The quantitative estimate of drug-likeness (QED) is 0.313. The third-order valence-electron chi connectivity index (χ3n) is 3.69. The lowest BCUT2D eigenvalue weighted by Gasteiger charge is -2.04. The number of hydrazone groups is 1. The zero-order chi connectivity index (χ0) is 19.4. The van der Waals surface area contributed by atoms with Gasteiger partial charge in [-0.05, 0) is 36.3 Å². The smallest absolute Gasteiger partial charge is 0.303 e. The molecule has 1 heterocycles. The van der Waals surface area contributed by atoms with Gasteiger partial charge in [0, 0.05) is 0 Å². The summed E-state index contributed by atoms with van der Waals surface area (Å²) >= 11 is 0. The van der Waals surface area contributed by atoms with E-state index in [0.717, 1.165) is 11.1 Å². The summed E-state index contributed by atoms with van der Waals surface area (Å²) < 4.78 is 24.5. The number of benzene rings is 2. The lowest BCUT2D eigenvalue weighted by atomic mass is 10.2. The van der Waals surface area contributed by atoms with Gasteiger partial charge in [-0.25, -0.2) is 9.63 Å². The van der Waals surface area contributed by atoms with Crippen LogP contribution in [0.1, 0.15) is 16.7 Å². The third-order valence-corrected chi connectivity index (χ3v) is 4.92. The van der Waals surface area contributed by atoms with Gasteiger partial charge in [-0.3, -0.25) is 10.1 Å². The minimum Gasteiger partial charge on any atom is -0.303 e. The Hall–Kier alpha value is -3.46. The van der Waals surface area contributed by atoms with Gasteiger partial charge >= 0.3 is 6.03 Å². The molecule has 27 heavy (non-hydrogen) atoms. The van der Waals surface area contributed by atoms with Crippen molar-refractivity contribution in [1.82, 2.24) is 15.5 Å². The van der Waals surface area contributed by atoms with Crippen LogP contribution in [0.15, 0.2) is 64.2 Å². The van der Waals surface area contributed by atoms with E-state index in [4.69, 9.17) is 0 Å². The van der Waals surface area contributed by atoms with E-state index < -0.39 is 22.0 Å². The molecule has 138 valence electrons. The first kappa shape index (κ1) is 18.3. The highest BCUT2D eigenvalue weighted by Gasteiger charge is 2.22. The second-order valence-corrected chi connectivity index (χ2v) is 7.46. The van der Waals surface area contributed by atoms with E-state index in [1.165, 1.54) is 36.6 Å². The van der Waals surface area contributed by atoms with Gasteiger partial charge in [-0.15, -0.1) is 0 Å². The number of amides is 3. The molecule has 0 aromatic heterocycles. The maximum Gasteiger partial charge on any atom is 0.326 e. The molecule has 2 aromatic carbocycles. The molecule has 0 saturated carbocycles. The number of aryl methyl sites for hydroxylation is 1. The van der Waals surface area contributed by atoms with Crippen LogP contribution in [0.3, 0.4) is 0 Å². The molecular formula is C18H16N4O4S. The number of urea groups is 1. The molecule has 1 fully saturated rings.